The molecule has 1 aromatic rings. The van der Waals surface area contributed by atoms with Gasteiger partial charge in [-0.05, 0) is 12.8 Å². The highest BCUT2D eigenvalue weighted by Gasteiger charge is 2.24. The van der Waals surface area contributed by atoms with E-state index in [9.17, 15) is 4.79 Å². The summed E-state index contributed by atoms with van der Waals surface area (Å²) < 4.78 is 0. The van der Waals surface area contributed by atoms with Crippen molar-refractivity contribution in [2.75, 3.05) is 6.54 Å². The molecule has 1 aromatic carbocycles. The van der Waals surface area contributed by atoms with E-state index in [4.69, 9.17) is 5.11 Å². The first-order chi connectivity index (χ1) is 10.7. The molecule has 2 N–H and O–H groups in total. The van der Waals surface area contributed by atoms with E-state index in [2.05, 4.69) is 28.1 Å². The molecule has 0 aromatic heterocycles. The number of rotatable bonds is 9. The topological polar surface area (TPSA) is 64.9 Å². The zero-order valence-corrected chi connectivity index (χ0v) is 13.5. The van der Waals surface area contributed by atoms with Crippen LogP contribution >= 0.6 is 12.6 Å². The van der Waals surface area contributed by atoms with E-state index in [1.54, 1.807) is 0 Å². The predicted octanol–water partition coefficient (Wildman–Crippen LogP) is 2.89. The van der Waals surface area contributed by atoms with E-state index >= 15 is 0 Å². The highest BCUT2D eigenvalue weighted by Crippen LogP contribution is 2.17. The van der Waals surface area contributed by atoms with E-state index in [-0.39, 0.29) is 11.9 Å². The van der Waals surface area contributed by atoms with Gasteiger partial charge >= 0.3 is 5.97 Å². The average Bonchev–Trinajstić information content (AvgIpc) is 2.88. The van der Waals surface area contributed by atoms with Crippen LogP contribution in [0.25, 0.3) is 0 Å². The van der Waals surface area contributed by atoms with Crippen molar-refractivity contribution in [2.24, 2.45) is 5.10 Å². The van der Waals surface area contributed by atoms with E-state index in [0.717, 1.165) is 50.0 Å². The number of nitrogens with zero attached hydrogens (tertiary/aromatic N) is 2. The molecule has 0 saturated heterocycles. The van der Waals surface area contributed by atoms with Gasteiger partial charge in [0, 0.05) is 18.5 Å². The molecule has 0 bridgehead atoms. The summed E-state index contributed by atoms with van der Waals surface area (Å²) in [4.78, 5) is 12.6. The Kier molecular flexibility index (Phi) is 6.58. The highest BCUT2D eigenvalue weighted by molar-refractivity contribution is 7.80. The lowest BCUT2D eigenvalue weighted by molar-refractivity contribution is -0.137. The van der Waals surface area contributed by atoms with Crippen LogP contribution in [-0.2, 0) is 4.79 Å². The summed E-state index contributed by atoms with van der Waals surface area (Å²) in [6.45, 7) is 0.897. The number of hydrazone groups is 1. The Hall–Kier alpha value is -1.69. The molecule has 0 spiro atoms. The zero-order chi connectivity index (χ0) is 15.8. The van der Waals surface area contributed by atoms with Gasteiger partial charge in [0.25, 0.3) is 0 Å². The lowest BCUT2D eigenvalue weighted by atomic mass is 10.1. The molecular weight excluding hydrogens is 298 g/mol. The van der Waals surface area contributed by atoms with Crippen molar-refractivity contribution in [3.05, 3.63) is 35.9 Å². The van der Waals surface area contributed by atoms with Crippen LogP contribution in [0.15, 0.2) is 35.4 Å². The maximum atomic E-state index is 10.4. The predicted molar refractivity (Wildman–Crippen MR) is 90.9 cm³/mol. The summed E-state index contributed by atoms with van der Waals surface area (Å²) in [5.41, 5.74) is 4.01. The van der Waals surface area contributed by atoms with Gasteiger partial charge in [-0.1, -0.05) is 49.6 Å². The number of aliphatic carboxylic acids is 1. The first kappa shape index (κ1) is 16.7. The molecule has 6 heteroatoms. The molecule has 0 radical (unpaired) electrons. The van der Waals surface area contributed by atoms with E-state index in [1.165, 1.54) is 0 Å². The molecule has 0 amide bonds. The second-order valence-corrected chi connectivity index (χ2v) is 5.90. The van der Waals surface area contributed by atoms with Crippen LogP contribution in [0.1, 0.15) is 44.1 Å². The third-order valence-electron chi connectivity index (χ3n) is 3.67. The first-order valence-corrected chi connectivity index (χ1v) is 8.25. The van der Waals surface area contributed by atoms with Crippen LogP contribution in [0, 0.1) is 0 Å². The fourth-order valence-corrected chi connectivity index (χ4v) is 2.79. The molecule has 0 fully saturated rings. The Bertz CT molecular complexity index is 507. The van der Waals surface area contributed by atoms with Crippen LogP contribution in [0.3, 0.4) is 0 Å². The first-order valence-electron chi connectivity index (χ1n) is 7.73. The number of unbranched alkanes of at least 4 members (excludes halogenated alkanes) is 4. The maximum absolute atomic E-state index is 10.4. The number of carboxylic acids is 1. The fourth-order valence-electron chi connectivity index (χ4n) is 2.50. The van der Waals surface area contributed by atoms with Gasteiger partial charge in [-0.25, -0.2) is 0 Å². The smallest absolute Gasteiger partial charge is 0.303 e. The molecule has 2 rings (SSSR count). The van der Waals surface area contributed by atoms with Gasteiger partial charge in [-0.15, -0.1) is 12.6 Å². The molecule has 22 heavy (non-hydrogen) atoms. The molecule has 1 aliphatic heterocycles. The standard InChI is InChI=1S/C16H23N3O2S/c20-14(21)11-7-2-1-3-8-12-19-15(17-18-16(19)22)13-9-5-4-6-10-13/h4-6,9-10,16,18,22H,1-3,7-8,11-12H2,(H,20,21). The molecule has 1 aliphatic rings. The molecule has 0 saturated carbocycles. The fraction of sp³-hybridized carbons (Fsp3) is 0.500. The second-order valence-electron chi connectivity index (χ2n) is 5.41. The van der Waals surface area contributed by atoms with Gasteiger partial charge in [0.15, 0.2) is 11.3 Å². The summed E-state index contributed by atoms with van der Waals surface area (Å²) in [7, 11) is 0. The maximum Gasteiger partial charge on any atom is 0.303 e. The number of carboxylic acid groups (broad SMARTS) is 1. The van der Waals surface area contributed by atoms with Crippen molar-refractivity contribution in [1.29, 1.82) is 0 Å². The van der Waals surface area contributed by atoms with Crippen LogP contribution in [-0.4, -0.2) is 33.9 Å². The van der Waals surface area contributed by atoms with Crippen molar-refractivity contribution < 1.29 is 9.90 Å². The molecule has 5 nitrogen and oxygen atoms in total. The summed E-state index contributed by atoms with van der Waals surface area (Å²) in [5, 5.41) is 13.0. The van der Waals surface area contributed by atoms with Crippen molar-refractivity contribution in [3.63, 3.8) is 0 Å². The average molecular weight is 321 g/mol. The third-order valence-corrected chi connectivity index (χ3v) is 4.07. The Balaban J connectivity index is 1.72. The molecule has 1 atom stereocenters. The highest BCUT2D eigenvalue weighted by atomic mass is 32.1. The lowest BCUT2D eigenvalue weighted by Gasteiger charge is -2.23. The minimum Gasteiger partial charge on any atom is -0.481 e. The van der Waals surface area contributed by atoms with Gasteiger partial charge in [0.1, 0.15) is 0 Å². The number of nitrogens with one attached hydrogen (secondary N) is 1. The van der Waals surface area contributed by atoms with Crippen LogP contribution in [0.2, 0.25) is 0 Å². The Morgan fingerprint density at radius 2 is 1.86 bits per heavy atom. The van der Waals surface area contributed by atoms with E-state index < -0.39 is 5.97 Å². The molecule has 0 aliphatic carbocycles. The quantitative estimate of drug-likeness (QED) is 0.483. The third kappa shape index (κ3) is 4.94. The van der Waals surface area contributed by atoms with Gasteiger partial charge < -0.3 is 10.0 Å². The van der Waals surface area contributed by atoms with Gasteiger partial charge in [0.05, 0.1) is 0 Å². The SMILES string of the molecule is O=C(O)CCCCCCCN1C(c2ccccc2)=NNC1S. The molecular formula is C16H23N3O2S. The van der Waals surface area contributed by atoms with Crippen LogP contribution in [0.5, 0.6) is 0 Å². The van der Waals surface area contributed by atoms with Crippen molar-refractivity contribution in [2.45, 2.75) is 44.0 Å². The Labute approximate surface area is 136 Å². The number of hydrogen-bond donors (Lipinski definition) is 3. The zero-order valence-electron chi connectivity index (χ0n) is 12.6. The lowest BCUT2D eigenvalue weighted by Crippen LogP contribution is -2.37. The van der Waals surface area contributed by atoms with E-state index in [0.29, 0.717) is 0 Å². The molecule has 1 heterocycles. The van der Waals surface area contributed by atoms with Crippen molar-refractivity contribution >= 4 is 24.4 Å². The second kappa shape index (κ2) is 8.68. The van der Waals surface area contributed by atoms with Gasteiger partial charge in [-0.2, -0.15) is 5.10 Å². The molecule has 1 unspecified atom stereocenters. The monoisotopic (exact) mass is 321 g/mol. The minimum atomic E-state index is -0.704. The largest absolute Gasteiger partial charge is 0.481 e. The van der Waals surface area contributed by atoms with Crippen LogP contribution < -0.4 is 5.43 Å². The summed E-state index contributed by atoms with van der Waals surface area (Å²) in [6, 6.07) is 10.1. The Morgan fingerprint density at radius 1 is 1.18 bits per heavy atom. The molecule has 120 valence electrons. The number of hydrogen-bond acceptors (Lipinski definition) is 5. The Morgan fingerprint density at radius 3 is 2.59 bits per heavy atom. The number of thiol groups is 1. The number of carbonyl (C=O) groups is 1. The summed E-state index contributed by atoms with van der Waals surface area (Å²) in [6.07, 6.45) is 5.25. The van der Waals surface area contributed by atoms with Crippen molar-refractivity contribution in [1.82, 2.24) is 10.3 Å². The number of benzene rings is 1. The minimum absolute atomic E-state index is 0.0813. The van der Waals surface area contributed by atoms with Crippen LogP contribution in [0.4, 0.5) is 0 Å². The van der Waals surface area contributed by atoms with Crippen molar-refractivity contribution in [3.8, 4) is 0 Å². The van der Waals surface area contributed by atoms with Gasteiger partial charge in [0.2, 0.25) is 0 Å². The van der Waals surface area contributed by atoms with E-state index in [1.807, 2.05) is 30.3 Å². The normalized spacial score (nSPS) is 17.2. The summed E-state index contributed by atoms with van der Waals surface area (Å²) >= 11 is 4.51. The van der Waals surface area contributed by atoms with Gasteiger partial charge in [-0.3, -0.25) is 10.2 Å². The number of amidine groups is 1. The summed E-state index contributed by atoms with van der Waals surface area (Å²) in [5.74, 6) is 0.233.